The zero-order valence-corrected chi connectivity index (χ0v) is 18.1. The fourth-order valence-corrected chi connectivity index (χ4v) is 3.84. The van der Waals surface area contributed by atoms with Gasteiger partial charge in [-0.1, -0.05) is 26.0 Å². The highest BCUT2D eigenvalue weighted by atomic mass is 16.5. The number of benzene rings is 1. The minimum absolute atomic E-state index is 0.00533. The smallest absolute Gasteiger partial charge is 0.274 e. The first-order chi connectivity index (χ1) is 14.4. The van der Waals surface area contributed by atoms with Crippen molar-refractivity contribution in [1.82, 2.24) is 20.4 Å². The van der Waals surface area contributed by atoms with E-state index in [1.54, 1.807) is 7.11 Å². The van der Waals surface area contributed by atoms with Gasteiger partial charge in [-0.3, -0.25) is 14.7 Å². The molecule has 0 spiro atoms. The number of aromatic amines is 1. The van der Waals surface area contributed by atoms with Gasteiger partial charge in [0.15, 0.2) is 0 Å². The van der Waals surface area contributed by atoms with Crippen LogP contribution in [0.1, 0.15) is 48.4 Å². The molecule has 1 aromatic heterocycles. The van der Waals surface area contributed by atoms with Crippen LogP contribution >= 0.6 is 0 Å². The predicted molar refractivity (Wildman–Crippen MR) is 115 cm³/mol. The predicted octanol–water partition coefficient (Wildman–Crippen LogP) is 2.83. The molecule has 7 heteroatoms. The number of nitrogens with zero attached hydrogens (tertiary/aromatic N) is 2. The van der Waals surface area contributed by atoms with E-state index in [2.05, 4.69) is 29.4 Å². The molecule has 2 N–H and O–H groups in total. The first kappa shape index (κ1) is 21.9. The standard InChI is InChI=1S/C23H32N4O3/c1-16(2)11-19-13-21(26-25-19)23(29)27-10-4-5-18(15-27)14-24-22(28)12-17-6-8-20(30-3)9-7-17/h6-9,13,16,18H,4-5,10-12,14-15H2,1-3H3,(H,24,28)(H,25,26)/t18-/m0/s1. The molecule has 3 rings (SSSR count). The third-order valence-corrected chi connectivity index (χ3v) is 5.40. The average molecular weight is 413 g/mol. The summed E-state index contributed by atoms with van der Waals surface area (Å²) < 4.78 is 5.14. The fraction of sp³-hybridized carbons (Fsp3) is 0.522. The Morgan fingerprint density at radius 1 is 1.30 bits per heavy atom. The second-order valence-electron chi connectivity index (χ2n) is 8.46. The summed E-state index contributed by atoms with van der Waals surface area (Å²) in [5, 5.41) is 10.2. The number of nitrogens with one attached hydrogen (secondary N) is 2. The molecule has 1 fully saturated rings. The van der Waals surface area contributed by atoms with Crippen molar-refractivity contribution in [3.05, 3.63) is 47.3 Å². The van der Waals surface area contributed by atoms with Crippen LogP contribution in [-0.2, 0) is 17.6 Å². The zero-order chi connectivity index (χ0) is 21.5. The average Bonchev–Trinajstić information content (AvgIpc) is 3.20. The van der Waals surface area contributed by atoms with Crippen LogP contribution in [0.25, 0.3) is 0 Å². The van der Waals surface area contributed by atoms with Crippen molar-refractivity contribution in [3.8, 4) is 5.75 Å². The molecule has 1 atom stereocenters. The molecule has 1 aliphatic heterocycles. The molecule has 2 amide bonds. The van der Waals surface area contributed by atoms with Crippen LogP contribution in [0.4, 0.5) is 0 Å². The van der Waals surface area contributed by atoms with Gasteiger partial charge < -0.3 is 15.0 Å². The number of ether oxygens (including phenoxy) is 1. The van der Waals surface area contributed by atoms with Gasteiger partial charge in [-0.25, -0.2) is 0 Å². The maximum Gasteiger partial charge on any atom is 0.274 e. The number of hydrogen-bond donors (Lipinski definition) is 2. The first-order valence-electron chi connectivity index (χ1n) is 10.7. The van der Waals surface area contributed by atoms with E-state index in [1.165, 1.54) is 0 Å². The monoisotopic (exact) mass is 412 g/mol. The normalized spacial score (nSPS) is 16.5. The molecule has 7 nitrogen and oxygen atoms in total. The van der Waals surface area contributed by atoms with E-state index in [4.69, 9.17) is 4.74 Å². The molecule has 162 valence electrons. The van der Waals surface area contributed by atoms with Crippen molar-refractivity contribution in [3.63, 3.8) is 0 Å². The molecular formula is C23H32N4O3. The summed E-state index contributed by atoms with van der Waals surface area (Å²) in [5.74, 6) is 1.51. The van der Waals surface area contributed by atoms with E-state index in [0.29, 0.717) is 31.1 Å². The van der Waals surface area contributed by atoms with Crippen molar-refractivity contribution in [2.45, 2.75) is 39.5 Å². The van der Waals surface area contributed by atoms with Gasteiger partial charge in [0.25, 0.3) is 5.91 Å². The number of carbonyl (C=O) groups excluding carboxylic acids is 2. The minimum Gasteiger partial charge on any atom is -0.497 e. The maximum absolute atomic E-state index is 12.8. The Hall–Kier alpha value is -2.83. The molecule has 0 unspecified atom stereocenters. The third kappa shape index (κ3) is 6.08. The Labute approximate surface area is 178 Å². The van der Waals surface area contributed by atoms with Gasteiger partial charge in [-0.05, 0) is 54.9 Å². The number of H-pyrrole nitrogens is 1. The SMILES string of the molecule is COc1ccc(CC(=O)NC[C@@H]2CCCN(C(=O)c3cc(CC(C)C)[nH]n3)C2)cc1. The highest BCUT2D eigenvalue weighted by molar-refractivity contribution is 5.92. The first-order valence-corrected chi connectivity index (χ1v) is 10.7. The van der Waals surface area contributed by atoms with Crippen LogP contribution in [0, 0.1) is 11.8 Å². The van der Waals surface area contributed by atoms with Crippen LogP contribution in [0.15, 0.2) is 30.3 Å². The van der Waals surface area contributed by atoms with Gasteiger partial charge in [0.05, 0.1) is 13.5 Å². The third-order valence-electron chi connectivity index (χ3n) is 5.40. The fourth-order valence-electron chi connectivity index (χ4n) is 3.84. The number of carbonyl (C=O) groups is 2. The minimum atomic E-state index is -0.0319. The molecule has 1 aromatic carbocycles. The van der Waals surface area contributed by atoms with E-state index < -0.39 is 0 Å². The lowest BCUT2D eigenvalue weighted by molar-refractivity contribution is -0.120. The van der Waals surface area contributed by atoms with Crippen molar-refractivity contribution in [1.29, 1.82) is 0 Å². The number of methoxy groups -OCH3 is 1. The largest absolute Gasteiger partial charge is 0.497 e. The van der Waals surface area contributed by atoms with Gasteiger partial charge >= 0.3 is 0 Å². The van der Waals surface area contributed by atoms with Gasteiger partial charge in [0.2, 0.25) is 5.91 Å². The molecule has 0 radical (unpaired) electrons. The van der Waals surface area contributed by atoms with E-state index >= 15 is 0 Å². The summed E-state index contributed by atoms with van der Waals surface area (Å²) in [6.07, 6.45) is 3.16. The topological polar surface area (TPSA) is 87.3 Å². The molecular weight excluding hydrogens is 380 g/mol. The van der Waals surface area contributed by atoms with E-state index in [0.717, 1.165) is 42.8 Å². The summed E-state index contributed by atoms with van der Waals surface area (Å²) >= 11 is 0. The van der Waals surface area contributed by atoms with Gasteiger partial charge in [-0.2, -0.15) is 5.10 Å². The maximum atomic E-state index is 12.8. The van der Waals surface area contributed by atoms with Crippen molar-refractivity contribution >= 4 is 11.8 Å². The van der Waals surface area contributed by atoms with Crippen molar-refractivity contribution in [2.75, 3.05) is 26.7 Å². The number of aromatic nitrogens is 2. The van der Waals surface area contributed by atoms with E-state index in [-0.39, 0.29) is 17.7 Å². The summed E-state index contributed by atoms with van der Waals surface area (Å²) in [4.78, 5) is 27.0. The molecule has 0 aliphatic carbocycles. The lowest BCUT2D eigenvalue weighted by atomic mass is 9.97. The second-order valence-corrected chi connectivity index (χ2v) is 8.46. The Morgan fingerprint density at radius 2 is 2.07 bits per heavy atom. The van der Waals surface area contributed by atoms with E-state index in [1.807, 2.05) is 35.2 Å². The number of amides is 2. The van der Waals surface area contributed by atoms with Crippen LogP contribution in [0.3, 0.4) is 0 Å². The van der Waals surface area contributed by atoms with Gasteiger partial charge in [-0.15, -0.1) is 0 Å². The molecule has 0 bridgehead atoms. The quantitative estimate of drug-likeness (QED) is 0.698. The lowest BCUT2D eigenvalue weighted by Gasteiger charge is -2.32. The summed E-state index contributed by atoms with van der Waals surface area (Å²) in [7, 11) is 1.62. The van der Waals surface area contributed by atoms with Gasteiger partial charge in [0.1, 0.15) is 11.4 Å². The Kier molecular flexibility index (Phi) is 7.49. The van der Waals surface area contributed by atoms with Crippen LogP contribution in [-0.4, -0.2) is 53.7 Å². The molecule has 0 saturated carbocycles. The van der Waals surface area contributed by atoms with Crippen LogP contribution in [0.5, 0.6) is 5.75 Å². The highest BCUT2D eigenvalue weighted by Gasteiger charge is 2.26. The van der Waals surface area contributed by atoms with Gasteiger partial charge in [0, 0.05) is 25.3 Å². The van der Waals surface area contributed by atoms with Crippen molar-refractivity contribution < 1.29 is 14.3 Å². The summed E-state index contributed by atoms with van der Waals surface area (Å²) in [6, 6.07) is 9.37. The number of rotatable bonds is 8. The molecule has 1 aliphatic rings. The summed E-state index contributed by atoms with van der Waals surface area (Å²) in [5.41, 5.74) is 2.42. The number of piperidine rings is 1. The number of hydrogen-bond acceptors (Lipinski definition) is 4. The van der Waals surface area contributed by atoms with Crippen LogP contribution < -0.4 is 10.1 Å². The Morgan fingerprint density at radius 3 is 2.77 bits per heavy atom. The van der Waals surface area contributed by atoms with Crippen molar-refractivity contribution in [2.24, 2.45) is 11.8 Å². The Bertz CT molecular complexity index is 844. The summed E-state index contributed by atoms with van der Waals surface area (Å²) in [6.45, 7) is 6.24. The van der Waals surface area contributed by atoms with E-state index in [9.17, 15) is 9.59 Å². The molecule has 2 heterocycles. The second kappa shape index (κ2) is 10.3. The Balaban J connectivity index is 1.47. The highest BCUT2D eigenvalue weighted by Crippen LogP contribution is 2.19. The number of likely N-dealkylation sites (tertiary alicyclic amines) is 1. The molecule has 30 heavy (non-hydrogen) atoms. The van der Waals surface area contributed by atoms with Crippen LogP contribution in [0.2, 0.25) is 0 Å². The molecule has 1 saturated heterocycles. The lowest BCUT2D eigenvalue weighted by Crippen LogP contribution is -2.44. The molecule has 2 aromatic rings. The zero-order valence-electron chi connectivity index (χ0n) is 18.1.